The predicted molar refractivity (Wildman–Crippen MR) is 82.1 cm³/mol. The van der Waals surface area contributed by atoms with Crippen LogP contribution in [0.5, 0.6) is 0 Å². The van der Waals surface area contributed by atoms with Gasteiger partial charge in [-0.3, -0.25) is 0 Å². The number of thiol groups is 1. The van der Waals surface area contributed by atoms with Gasteiger partial charge in [0.05, 0.1) is 6.10 Å². The van der Waals surface area contributed by atoms with Crippen LogP contribution in [-0.4, -0.2) is 40.9 Å². The second-order valence-corrected chi connectivity index (χ2v) is 6.22. The number of amides is 1. The zero-order valence-electron chi connectivity index (χ0n) is 12.2. The number of carbonyl (C=O) groups excluding carboxylic acids is 1. The fraction of sp³-hybridized carbons (Fsp3) is 0.533. The van der Waals surface area contributed by atoms with Gasteiger partial charge in [0.2, 0.25) is 0 Å². The summed E-state index contributed by atoms with van der Waals surface area (Å²) in [6, 6.07) is 9.79. The van der Waals surface area contributed by atoms with Crippen LogP contribution < -0.4 is 0 Å². The largest absolute Gasteiger partial charge is 0.444 e. The van der Waals surface area contributed by atoms with E-state index in [1.54, 1.807) is 0 Å². The Morgan fingerprint density at radius 2 is 1.95 bits per heavy atom. The molecule has 0 spiro atoms. The van der Waals surface area contributed by atoms with Crippen LogP contribution >= 0.6 is 12.6 Å². The van der Waals surface area contributed by atoms with Gasteiger partial charge in [0.15, 0.2) is 0 Å². The van der Waals surface area contributed by atoms with E-state index >= 15 is 0 Å². The molecule has 1 amide bonds. The molecule has 1 aliphatic heterocycles. The summed E-state index contributed by atoms with van der Waals surface area (Å²) in [6.07, 6.45) is -0.0595. The molecule has 1 fully saturated rings. The molecule has 1 aromatic rings. The third-order valence-electron chi connectivity index (χ3n) is 2.57. The van der Waals surface area contributed by atoms with E-state index in [0.717, 1.165) is 4.90 Å². The molecule has 1 heterocycles. The molecule has 1 aromatic carbocycles. The highest BCUT2D eigenvalue weighted by Gasteiger charge is 2.28. The van der Waals surface area contributed by atoms with Gasteiger partial charge in [-0.25, -0.2) is 4.79 Å². The molecule has 5 heteroatoms. The van der Waals surface area contributed by atoms with Crippen molar-refractivity contribution in [3.63, 3.8) is 0 Å². The molecular weight excluding hydrogens is 274 g/mol. The van der Waals surface area contributed by atoms with Crippen molar-refractivity contribution in [1.82, 2.24) is 4.90 Å². The molecule has 1 aliphatic rings. The molecule has 1 saturated heterocycles. The summed E-state index contributed by atoms with van der Waals surface area (Å²) in [6.45, 7) is 6.48. The number of likely N-dealkylation sites (tertiary alicyclic amines) is 1. The summed E-state index contributed by atoms with van der Waals surface area (Å²) in [5.74, 6) is 0. The minimum atomic E-state index is -0.454. The van der Waals surface area contributed by atoms with Gasteiger partial charge in [0, 0.05) is 18.0 Å². The van der Waals surface area contributed by atoms with Crippen LogP contribution in [0.25, 0.3) is 0 Å². The van der Waals surface area contributed by atoms with E-state index in [1.807, 2.05) is 51.1 Å². The van der Waals surface area contributed by atoms with Crippen molar-refractivity contribution in [2.75, 3.05) is 13.1 Å². The van der Waals surface area contributed by atoms with E-state index in [-0.39, 0.29) is 12.2 Å². The fourth-order valence-corrected chi connectivity index (χ4v) is 1.83. The number of carbonyl (C=O) groups is 1. The van der Waals surface area contributed by atoms with E-state index < -0.39 is 5.60 Å². The van der Waals surface area contributed by atoms with Crippen LogP contribution in [0.15, 0.2) is 35.2 Å². The first-order valence-electron chi connectivity index (χ1n) is 6.68. The lowest BCUT2D eigenvalue weighted by atomic mass is 10.2. The Kier molecular flexibility index (Phi) is 6.36. The Morgan fingerprint density at radius 3 is 2.30 bits per heavy atom. The molecule has 4 nitrogen and oxygen atoms in total. The topological polar surface area (TPSA) is 49.8 Å². The minimum Gasteiger partial charge on any atom is -0.444 e. The molecule has 1 unspecified atom stereocenters. The second-order valence-electron chi connectivity index (χ2n) is 5.70. The van der Waals surface area contributed by atoms with Crippen molar-refractivity contribution in [1.29, 1.82) is 0 Å². The van der Waals surface area contributed by atoms with Crippen LogP contribution in [0, 0.1) is 0 Å². The number of benzene rings is 1. The van der Waals surface area contributed by atoms with Crippen LogP contribution in [-0.2, 0) is 4.74 Å². The first kappa shape index (κ1) is 16.9. The van der Waals surface area contributed by atoms with Crippen LogP contribution in [0.4, 0.5) is 4.79 Å². The third-order valence-corrected chi connectivity index (χ3v) is 2.87. The van der Waals surface area contributed by atoms with E-state index in [2.05, 4.69) is 12.6 Å². The van der Waals surface area contributed by atoms with Gasteiger partial charge in [0.1, 0.15) is 5.60 Å². The van der Waals surface area contributed by atoms with E-state index in [4.69, 9.17) is 4.74 Å². The third kappa shape index (κ3) is 6.82. The average molecular weight is 297 g/mol. The normalized spacial score (nSPS) is 18.2. The molecule has 20 heavy (non-hydrogen) atoms. The number of nitrogens with zero attached hydrogens (tertiary/aromatic N) is 1. The summed E-state index contributed by atoms with van der Waals surface area (Å²) < 4.78 is 5.15. The monoisotopic (exact) mass is 297 g/mol. The summed E-state index contributed by atoms with van der Waals surface area (Å²) in [4.78, 5) is 14.0. The van der Waals surface area contributed by atoms with Gasteiger partial charge >= 0.3 is 6.09 Å². The Morgan fingerprint density at radius 1 is 1.35 bits per heavy atom. The fourth-order valence-electron chi connectivity index (χ4n) is 1.66. The first-order valence-corrected chi connectivity index (χ1v) is 7.12. The van der Waals surface area contributed by atoms with E-state index in [1.165, 1.54) is 4.90 Å². The van der Waals surface area contributed by atoms with Crippen molar-refractivity contribution in [3.05, 3.63) is 30.3 Å². The smallest absolute Gasteiger partial charge is 0.410 e. The Labute approximate surface area is 126 Å². The van der Waals surface area contributed by atoms with Gasteiger partial charge in [-0.2, -0.15) is 0 Å². The zero-order chi connectivity index (χ0) is 15.2. The van der Waals surface area contributed by atoms with Gasteiger partial charge in [0.25, 0.3) is 0 Å². The zero-order valence-corrected chi connectivity index (χ0v) is 13.1. The van der Waals surface area contributed by atoms with Gasteiger partial charge in [-0.05, 0) is 39.3 Å². The predicted octanol–water partition coefficient (Wildman–Crippen LogP) is 2.96. The number of aliphatic hydroxyl groups excluding tert-OH is 1. The Hall–Kier alpha value is -1.20. The summed E-state index contributed by atoms with van der Waals surface area (Å²) in [5.41, 5.74) is -0.454. The molecule has 0 saturated carbocycles. The average Bonchev–Trinajstić information content (AvgIpc) is 2.76. The molecule has 0 aromatic heterocycles. The summed E-state index contributed by atoms with van der Waals surface area (Å²) >= 11 is 4.08. The Balaban J connectivity index is 0.000000240. The molecule has 0 aliphatic carbocycles. The maximum atomic E-state index is 11.4. The lowest BCUT2D eigenvalue weighted by molar-refractivity contribution is 0.0270. The highest BCUT2D eigenvalue weighted by atomic mass is 32.1. The molecule has 0 bridgehead atoms. The number of aliphatic hydroxyl groups is 1. The SMILES string of the molecule is CC(C)(C)OC(=O)N1CCC(O)C1.Sc1ccccc1. The van der Waals surface area contributed by atoms with Crippen molar-refractivity contribution >= 4 is 18.7 Å². The highest BCUT2D eigenvalue weighted by molar-refractivity contribution is 7.80. The van der Waals surface area contributed by atoms with Crippen molar-refractivity contribution in [2.45, 2.75) is 43.8 Å². The lowest BCUT2D eigenvalue weighted by Crippen LogP contribution is -2.35. The molecule has 1 N–H and O–H groups in total. The number of hydrogen-bond donors (Lipinski definition) is 2. The Bertz CT molecular complexity index is 417. The summed E-state index contributed by atoms with van der Waals surface area (Å²) in [7, 11) is 0. The quantitative estimate of drug-likeness (QED) is 0.724. The molecular formula is C15H23NO3S. The van der Waals surface area contributed by atoms with Crippen molar-refractivity contribution in [3.8, 4) is 0 Å². The molecule has 2 rings (SSSR count). The summed E-state index contributed by atoms with van der Waals surface area (Å²) in [5, 5.41) is 9.20. The number of rotatable bonds is 0. The van der Waals surface area contributed by atoms with Crippen LogP contribution in [0.1, 0.15) is 27.2 Å². The first-order chi connectivity index (χ1) is 9.28. The van der Waals surface area contributed by atoms with Crippen molar-refractivity contribution < 1.29 is 14.6 Å². The maximum absolute atomic E-state index is 11.4. The molecule has 0 radical (unpaired) electrons. The van der Waals surface area contributed by atoms with Gasteiger partial charge in [-0.15, -0.1) is 12.6 Å². The standard InChI is InChI=1S/C9H17NO3.C6H6S/c1-9(2,3)13-8(12)10-5-4-7(11)6-10;7-6-4-2-1-3-5-6/h7,11H,4-6H2,1-3H3;1-5,7H. The second kappa shape index (κ2) is 7.55. The molecule has 112 valence electrons. The number of hydrogen-bond acceptors (Lipinski definition) is 4. The van der Waals surface area contributed by atoms with Crippen LogP contribution in [0.3, 0.4) is 0 Å². The number of ether oxygens (including phenoxy) is 1. The van der Waals surface area contributed by atoms with E-state index in [0.29, 0.717) is 19.5 Å². The van der Waals surface area contributed by atoms with Gasteiger partial charge in [-0.1, -0.05) is 18.2 Å². The maximum Gasteiger partial charge on any atom is 0.410 e. The van der Waals surface area contributed by atoms with E-state index in [9.17, 15) is 9.90 Å². The van der Waals surface area contributed by atoms with Crippen LogP contribution in [0.2, 0.25) is 0 Å². The minimum absolute atomic E-state index is 0.330. The molecule has 1 atom stereocenters. The lowest BCUT2D eigenvalue weighted by Gasteiger charge is -2.24. The van der Waals surface area contributed by atoms with Gasteiger partial charge < -0.3 is 14.7 Å². The number of β-amino-alcohol motifs (C(OH)–C–C–N with tert-alkyl or cyclic N) is 1. The van der Waals surface area contributed by atoms with Crippen molar-refractivity contribution in [2.24, 2.45) is 0 Å². The highest BCUT2D eigenvalue weighted by Crippen LogP contribution is 2.14.